The van der Waals surface area contributed by atoms with Gasteiger partial charge in [0.25, 0.3) is 0 Å². The maximum absolute atomic E-state index is 6.31. The van der Waals surface area contributed by atoms with Crippen molar-refractivity contribution in [1.82, 2.24) is 4.98 Å². The minimum atomic E-state index is 0.245. The van der Waals surface area contributed by atoms with Gasteiger partial charge in [-0.2, -0.15) is 0 Å². The molecule has 0 amide bonds. The number of H-pyrrole nitrogens is 1. The normalized spacial score (nSPS) is 12.5. The molecule has 0 aliphatic rings. The van der Waals surface area contributed by atoms with Crippen molar-refractivity contribution >= 4 is 22.5 Å². The third-order valence-electron chi connectivity index (χ3n) is 4.37. The molecule has 1 heterocycles. The summed E-state index contributed by atoms with van der Waals surface area (Å²) in [5, 5.41) is 1.90. The van der Waals surface area contributed by atoms with Crippen molar-refractivity contribution in [2.75, 3.05) is 13.2 Å². The first kappa shape index (κ1) is 16.9. The standard InChI is InChI=1S/C20H23ClN2O/c1-3-24-20-7-5-14(10-18(20)21)9-15(11-22)17-12-23-19-6-4-13(2)8-16(17)19/h4-8,10,12,15,23H,3,9,11,22H2,1-2H3. The molecule has 4 heteroatoms. The van der Waals surface area contributed by atoms with E-state index in [2.05, 4.69) is 42.4 Å². The van der Waals surface area contributed by atoms with Crippen molar-refractivity contribution in [3.8, 4) is 5.75 Å². The fourth-order valence-corrected chi connectivity index (χ4v) is 3.40. The van der Waals surface area contributed by atoms with Gasteiger partial charge in [0.15, 0.2) is 0 Å². The number of aryl methyl sites for hydroxylation is 1. The first-order chi connectivity index (χ1) is 11.6. The lowest BCUT2D eigenvalue weighted by Crippen LogP contribution is -2.14. The van der Waals surface area contributed by atoms with Gasteiger partial charge in [-0.05, 0) is 62.2 Å². The first-order valence-electron chi connectivity index (χ1n) is 8.31. The third kappa shape index (κ3) is 3.42. The van der Waals surface area contributed by atoms with Gasteiger partial charge in [-0.3, -0.25) is 0 Å². The van der Waals surface area contributed by atoms with Crippen LogP contribution in [0.2, 0.25) is 5.02 Å². The van der Waals surface area contributed by atoms with E-state index in [1.54, 1.807) is 0 Å². The van der Waals surface area contributed by atoms with E-state index in [4.69, 9.17) is 22.1 Å². The molecular formula is C20H23ClN2O. The van der Waals surface area contributed by atoms with Crippen molar-refractivity contribution in [3.63, 3.8) is 0 Å². The molecule has 0 bridgehead atoms. The second-order valence-corrected chi connectivity index (χ2v) is 6.53. The molecule has 0 spiro atoms. The van der Waals surface area contributed by atoms with E-state index < -0.39 is 0 Å². The molecule has 1 unspecified atom stereocenters. The molecule has 126 valence electrons. The van der Waals surface area contributed by atoms with Gasteiger partial charge in [0.05, 0.1) is 11.6 Å². The Labute approximate surface area is 147 Å². The van der Waals surface area contributed by atoms with Gasteiger partial charge in [-0.25, -0.2) is 0 Å². The highest BCUT2D eigenvalue weighted by Crippen LogP contribution is 2.31. The lowest BCUT2D eigenvalue weighted by molar-refractivity contribution is 0.340. The molecule has 1 atom stereocenters. The second-order valence-electron chi connectivity index (χ2n) is 6.13. The number of ether oxygens (including phenoxy) is 1. The largest absolute Gasteiger partial charge is 0.492 e. The van der Waals surface area contributed by atoms with Gasteiger partial charge in [0, 0.05) is 23.0 Å². The Hall–Kier alpha value is -1.97. The zero-order valence-corrected chi connectivity index (χ0v) is 14.9. The summed E-state index contributed by atoms with van der Waals surface area (Å²) in [4.78, 5) is 3.35. The average Bonchev–Trinajstić information content (AvgIpc) is 2.98. The zero-order chi connectivity index (χ0) is 17.1. The van der Waals surface area contributed by atoms with Crippen LogP contribution in [0.1, 0.15) is 29.5 Å². The molecule has 3 aromatic rings. The Morgan fingerprint density at radius 2 is 2.04 bits per heavy atom. The highest BCUT2D eigenvalue weighted by atomic mass is 35.5. The van der Waals surface area contributed by atoms with Crippen LogP contribution in [0.15, 0.2) is 42.6 Å². The number of fused-ring (bicyclic) bond motifs is 1. The summed E-state index contributed by atoms with van der Waals surface area (Å²) in [6, 6.07) is 12.4. The fraction of sp³-hybridized carbons (Fsp3) is 0.300. The van der Waals surface area contributed by atoms with Crippen molar-refractivity contribution < 1.29 is 4.74 Å². The topological polar surface area (TPSA) is 51.0 Å². The molecule has 1 aromatic heterocycles. The van der Waals surface area contributed by atoms with Crippen LogP contribution in [0.3, 0.4) is 0 Å². The summed E-state index contributed by atoms with van der Waals surface area (Å²) < 4.78 is 5.50. The number of aromatic nitrogens is 1. The first-order valence-corrected chi connectivity index (χ1v) is 8.69. The molecule has 0 saturated heterocycles. The van der Waals surface area contributed by atoms with E-state index in [0.717, 1.165) is 17.7 Å². The fourth-order valence-electron chi connectivity index (χ4n) is 3.14. The van der Waals surface area contributed by atoms with E-state index >= 15 is 0 Å². The molecule has 2 aromatic carbocycles. The van der Waals surface area contributed by atoms with Crippen molar-refractivity contribution in [2.24, 2.45) is 5.73 Å². The number of benzene rings is 2. The van der Waals surface area contributed by atoms with E-state index in [9.17, 15) is 0 Å². The molecule has 0 aliphatic carbocycles. The van der Waals surface area contributed by atoms with Crippen LogP contribution >= 0.6 is 11.6 Å². The lowest BCUT2D eigenvalue weighted by Gasteiger charge is -2.15. The van der Waals surface area contributed by atoms with E-state index in [1.807, 2.05) is 19.1 Å². The summed E-state index contributed by atoms with van der Waals surface area (Å²) in [5.74, 6) is 0.976. The van der Waals surface area contributed by atoms with Crippen LogP contribution in [0.5, 0.6) is 5.75 Å². The smallest absolute Gasteiger partial charge is 0.137 e. The molecule has 0 aliphatic heterocycles. The second kappa shape index (κ2) is 7.29. The molecule has 0 radical (unpaired) electrons. The summed E-state index contributed by atoms with van der Waals surface area (Å²) in [7, 11) is 0. The van der Waals surface area contributed by atoms with Gasteiger partial charge in [-0.1, -0.05) is 29.3 Å². The molecule has 3 rings (SSSR count). The minimum Gasteiger partial charge on any atom is -0.492 e. The van der Waals surface area contributed by atoms with E-state index in [0.29, 0.717) is 18.2 Å². The minimum absolute atomic E-state index is 0.245. The highest BCUT2D eigenvalue weighted by Gasteiger charge is 2.16. The molecule has 3 nitrogen and oxygen atoms in total. The maximum atomic E-state index is 6.31. The number of halogens is 1. The quantitative estimate of drug-likeness (QED) is 0.675. The summed E-state index contributed by atoms with van der Waals surface area (Å²) in [6.07, 6.45) is 2.93. The van der Waals surface area contributed by atoms with Crippen molar-refractivity contribution in [2.45, 2.75) is 26.2 Å². The van der Waals surface area contributed by atoms with Crippen LogP contribution in [-0.2, 0) is 6.42 Å². The van der Waals surface area contributed by atoms with Crippen LogP contribution < -0.4 is 10.5 Å². The maximum Gasteiger partial charge on any atom is 0.137 e. The Morgan fingerprint density at radius 3 is 2.75 bits per heavy atom. The van der Waals surface area contributed by atoms with Crippen LogP contribution in [0.25, 0.3) is 10.9 Å². The number of nitrogens with two attached hydrogens (primary N) is 1. The third-order valence-corrected chi connectivity index (χ3v) is 4.67. The predicted octanol–water partition coefficient (Wildman–Crippen LogP) is 4.81. The van der Waals surface area contributed by atoms with Gasteiger partial charge >= 0.3 is 0 Å². The van der Waals surface area contributed by atoms with Crippen molar-refractivity contribution in [3.05, 3.63) is 64.3 Å². The molecule has 0 fully saturated rings. The lowest BCUT2D eigenvalue weighted by atomic mass is 9.91. The van der Waals surface area contributed by atoms with Gasteiger partial charge in [0.1, 0.15) is 5.75 Å². The summed E-state index contributed by atoms with van der Waals surface area (Å²) in [6.45, 7) is 5.26. The van der Waals surface area contributed by atoms with Crippen LogP contribution in [-0.4, -0.2) is 18.1 Å². The molecular weight excluding hydrogens is 320 g/mol. The Kier molecular flexibility index (Phi) is 5.12. The monoisotopic (exact) mass is 342 g/mol. The van der Waals surface area contributed by atoms with Gasteiger partial charge < -0.3 is 15.5 Å². The average molecular weight is 343 g/mol. The molecule has 24 heavy (non-hydrogen) atoms. The molecule has 0 saturated carbocycles. The number of hydrogen-bond donors (Lipinski definition) is 2. The molecule has 3 N–H and O–H groups in total. The number of rotatable bonds is 6. The van der Waals surface area contributed by atoms with Gasteiger partial charge in [-0.15, -0.1) is 0 Å². The van der Waals surface area contributed by atoms with Crippen molar-refractivity contribution in [1.29, 1.82) is 0 Å². The van der Waals surface area contributed by atoms with Crippen LogP contribution in [0.4, 0.5) is 0 Å². The number of aromatic amines is 1. The SMILES string of the molecule is CCOc1ccc(CC(CN)c2c[nH]c3ccc(C)cc23)cc1Cl. The van der Waals surface area contributed by atoms with Crippen LogP contribution in [0, 0.1) is 6.92 Å². The zero-order valence-electron chi connectivity index (χ0n) is 14.1. The number of hydrogen-bond acceptors (Lipinski definition) is 2. The number of nitrogens with one attached hydrogen (secondary N) is 1. The Morgan fingerprint density at radius 1 is 1.21 bits per heavy atom. The summed E-state index contributed by atoms with van der Waals surface area (Å²) >= 11 is 6.31. The summed E-state index contributed by atoms with van der Waals surface area (Å²) in [5.41, 5.74) is 10.9. The van der Waals surface area contributed by atoms with E-state index in [-0.39, 0.29) is 5.92 Å². The van der Waals surface area contributed by atoms with E-state index in [1.165, 1.54) is 22.1 Å². The Bertz CT molecular complexity index is 841. The predicted molar refractivity (Wildman–Crippen MR) is 101 cm³/mol. The highest BCUT2D eigenvalue weighted by molar-refractivity contribution is 6.32. The Balaban J connectivity index is 1.89. The van der Waals surface area contributed by atoms with Gasteiger partial charge in [0.2, 0.25) is 0 Å².